The normalized spacial score (nSPS) is 12.4. The van der Waals surface area contributed by atoms with Crippen LogP contribution in [0, 0.1) is 11.6 Å². The van der Waals surface area contributed by atoms with Crippen molar-refractivity contribution in [3.05, 3.63) is 71.3 Å². The number of halogens is 2. The zero-order valence-electron chi connectivity index (χ0n) is 9.81. The second-order valence-electron chi connectivity index (χ2n) is 4.28. The average Bonchev–Trinajstić information content (AvgIpc) is 2.32. The molecule has 1 unspecified atom stereocenters. The average molecular weight is 248 g/mol. The lowest BCUT2D eigenvalue weighted by atomic mass is 10.0. The monoisotopic (exact) mass is 248 g/mol. The zero-order chi connectivity index (χ0) is 13.0. The number of aliphatic hydroxyl groups excluding tert-OH is 1. The molecule has 0 bridgehead atoms. The van der Waals surface area contributed by atoms with Gasteiger partial charge < -0.3 is 5.11 Å². The van der Waals surface area contributed by atoms with E-state index in [9.17, 15) is 13.9 Å². The second-order valence-corrected chi connectivity index (χ2v) is 4.28. The highest BCUT2D eigenvalue weighted by Crippen LogP contribution is 2.13. The highest BCUT2D eigenvalue weighted by Gasteiger charge is 2.10. The van der Waals surface area contributed by atoms with Crippen molar-refractivity contribution in [1.29, 1.82) is 0 Å². The number of hydrogen-bond donors (Lipinski definition) is 1. The van der Waals surface area contributed by atoms with Crippen molar-refractivity contribution < 1.29 is 13.9 Å². The van der Waals surface area contributed by atoms with E-state index < -0.39 is 6.10 Å². The van der Waals surface area contributed by atoms with Crippen LogP contribution in [0.3, 0.4) is 0 Å². The summed E-state index contributed by atoms with van der Waals surface area (Å²) in [6.45, 7) is 0. The van der Waals surface area contributed by atoms with Crippen LogP contribution >= 0.6 is 0 Å². The molecule has 1 atom stereocenters. The van der Waals surface area contributed by atoms with Gasteiger partial charge in [-0.05, 0) is 35.7 Å². The molecule has 0 saturated carbocycles. The fourth-order valence-corrected chi connectivity index (χ4v) is 1.93. The Bertz CT molecular complexity index is 525. The molecule has 94 valence electrons. The molecule has 0 aliphatic rings. The van der Waals surface area contributed by atoms with Gasteiger partial charge in [-0.25, -0.2) is 8.78 Å². The SMILES string of the molecule is OC(Cc1cccc(F)c1)Cc1ccccc1F. The molecule has 0 aliphatic heterocycles. The molecule has 2 aromatic rings. The Balaban J connectivity index is 2.01. The van der Waals surface area contributed by atoms with Crippen LogP contribution in [-0.2, 0) is 12.8 Å². The molecule has 1 nitrogen and oxygen atoms in total. The van der Waals surface area contributed by atoms with Gasteiger partial charge in [0, 0.05) is 6.42 Å². The van der Waals surface area contributed by atoms with E-state index in [2.05, 4.69) is 0 Å². The third-order valence-electron chi connectivity index (χ3n) is 2.77. The third-order valence-corrected chi connectivity index (χ3v) is 2.77. The maximum atomic E-state index is 13.4. The quantitative estimate of drug-likeness (QED) is 0.881. The number of rotatable bonds is 4. The second kappa shape index (κ2) is 5.74. The first-order chi connectivity index (χ1) is 8.65. The molecule has 0 saturated heterocycles. The van der Waals surface area contributed by atoms with E-state index in [1.165, 1.54) is 18.2 Å². The number of aliphatic hydroxyl groups is 1. The Kier molecular flexibility index (Phi) is 4.05. The summed E-state index contributed by atoms with van der Waals surface area (Å²) in [4.78, 5) is 0. The van der Waals surface area contributed by atoms with Crippen LogP contribution in [0.2, 0.25) is 0 Å². The van der Waals surface area contributed by atoms with E-state index in [1.54, 1.807) is 30.3 Å². The van der Waals surface area contributed by atoms with E-state index in [1.807, 2.05) is 0 Å². The Morgan fingerprint density at radius 3 is 2.44 bits per heavy atom. The van der Waals surface area contributed by atoms with E-state index in [4.69, 9.17) is 0 Å². The summed E-state index contributed by atoms with van der Waals surface area (Å²) in [5, 5.41) is 9.88. The van der Waals surface area contributed by atoms with Crippen LogP contribution in [0.4, 0.5) is 8.78 Å². The third kappa shape index (κ3) is 3.37. The molecule has 0 heterocycles. The molecule has 0 aromatic heterocycles. The minimum atomic E-state index is -0.719. The van der Waals surface area contributed by atoms with Crippen molar-refractivity contribution >= 4 is 0 Å². The molecule has 0 fully saturated rings. The summed E-state index contributed by atoms with van der Waals surface area (Å²) in [7, 11) is 0. The number of benzene rings is 2. The lowest BCUT2D eigenvalue weighted by Crippen LogP contribution is -2.14. The summed E-state index contributed by atoms with van der Waals surface area (Å²) in [6.07, 6.45) is -0.182. The van der Waals surface area contributed by atoms with Crippen LogP contribution in [0.25, 0.3) is 0 Å². The first kappa shape index (κ1) is 12.7. The maximum Gasteiger partial charge on any atom is 0.126 e. The maximum absolute atomic E-state index is 13.4. The fraction of sp³-hybridized carbons (Fsp3) is 0.200. The van der Waals surface area contributed by atoms with Gasteiger partial charge in [0.05, 0.1) is 6.10 Å². The van der Waals surface area contributed by atoms with Crippen molar-refractivity contribution in [3.8, 4) is 0 Å². The van der Waals surface area contributed by atoms with Crippen molar-refractivity contribution in [3.63, 3.8) is 0 Å². The van der Waals surface area contributed by atoms with Gasteiger partial charge in [0.15, 0.2) is 0 Å². The van der Waals surface area contributed by atoms with Crippen molar-refractivity contribution in [2.24, 2.45) is 0 Å². The Labute approximate surface area is 105 Å². The highest BCUT2D eigenvalue weighted by atomic mass is 19.1. The van der Waals surface area contributed by atoms with Crippen LogP contribution in [0.5, 0.6) is 0 Å². The molecule has 0 radical (unpaired) electrons. The van der Waals surface area contributed by atoms with Gasteiger partial charge in [-0.3, -0.25) is 0 Å². The molecule has 1 N–H and O–H groups in total. The minimum absolute atomic E-state index is 0.225. The van der Waals surface area contributed by atoms with E-state index in [-0.39, 0.29) is 18.1 Å². The van der Waals surface area contributed by atoms with Gasteiger partial charge in [0.2, 0.25) is 0 Å². The standard InChI is InChI=1S/C15H14F2O/c16-13-6-3-4-11(8-13)9-14(18)10-12-5-1-2-7-15(12)17/h1-8,14,18H,9-10H2. The molecule has 0 amide bonds. The molecule has 3 heteroatoms. The lowest BCUT2D eigenvalue weighted by Gasteiger charge is -2.11. The summed E-state index contributed by atoms with van der Waals surface area (Å²) in [5.74, 6) is -0.651. The van der Waals surface area contributed by atoms with E-state index in [0.29, 0.717) is 17.5 Å². The van der Waals surface area contributed by atoms with Gasteiger partial charge in [0.25, 0.3) is 0 Å². The van der Waals surface area contributed by atoms with Gasteiger partial charge >= 0.3 is 0 Å². The Morgan fingerprint density at radius 2 is 1.72 bits per heavy atom. The Morgan fingerprint density at radius 1 is 0.944 bits per heavy atom. The molecular weight excluding hydrogens is 234 g/mol. The van der Waals surface area contributed by atoms with Gasteiger partial charge in [-0.15, -0.1) is 0 Å². The molecule has 18 heavy (non-hydrogen) atoms. The van der Waals surface area contributed by atoms with Gasteiger partial charge in [0.1, 0.15) is 11.6 Å². The van der Waals surface area contributed by atoms with Gasteiger partial charge in [-0.1, -0.05) is 30.3 Å². The van der Waals surface area contributed by atoms with Gasteiger partial charge in [-0.2, -0.15) is 0 Å². The highest BCUT2D eigenvalue weighted by molar-refractivity contribution is 5.20. The molecule has 0 aliphatic carbocycles. The molecular formula is C15H14F2O. The Hall–Kier alpha value is -1.74. The molecule has 2 rings (SSSR count). The first-order valence-corrected chi connectivity index (χ1v) is 5.81. The van der Waals surface area contributed by atoms with E-state index >= 15 is 0 Å². The minimum Gasteiger partial charge on any atom is -0.392 e. The fourth-order valence-electron chi connectivity index (χ4n) is 1.93. The number of hydrogen-bond acceptors (Lipinski definition) is 1. The van der Waals surface area contributed by atoms with E-state index in [0.717, 1.165) is 0 Å². The zero-order valence-corrected chi connectivity index (χ0v) is 9.81. The summed E-state index contributed by atoms with van der Waals surface area (Å²) < 4.78 is 26.3. The summed E-state index contributed by atoms with van der Waals surface area (Å²) in [5.41, 5.74) is 1.18. The summed E-state index contributed by atoms with van der Waals surface area (Å²) >= 11 is 0. The first-order valence-electron chi connectivity index (χ1n) is 5.81. The molecule has 2 aromatic carbocycles. The smallest absolute Gasteiger partial charge is 0.126 e. The van der Waals surface area contributed by atoms with Crippen molar-refractivity contribution in [1.82, 2.24) is 0 Å². The summed E-state index contributed by atoms with van der Waals surface area (Å²) in [6, 6.07) is 12.4. The van der Waals surface area contributed by atoms with Crippen LogP contribution < -0.4 is 0 Å². The topological polar surface area (TPSA) is 20.2 Å². The van der Waals surface area contributed by atoms with Crippen LogP contribution in [0.15, 0.2) is 48.5 Å². The van der Waals surface area contributed by atoms with Crippen molar-refractivity contribution in [2.75, 3.05) is 0 Å². The predicted octanol–water partition coefficient (Wildman–Crippen LogP) is 3.11. The van der Waals surface area contributed by atoms with Crippen LogP contribution in [-0.4, -0.2) is 11.2 Å². The predicted molar refractivity (Wildman–Crippen MR) is 66.2 cm³/mol. The lowest BCUT2D eigenvalue weighted by molar-refractivity contribution is 0.174. The molecule has 0 spiro atoms. The largest absolute Gasteiger partial charge is 0.392 e. The van der Waals surface area contributed by atoms with Crippen molar-refractivity contribution in [2.45, 2.75) is 18.9 Å². The van der Waals surface area contributed by atoms with Crippen LogP contribution in [0.1, 0.15) is 11.1 Å².